The van der Waals surface area contributed by atoms with Gasteiger partial charge in [0.2, 0.25) is 5.88 Å². The van der Waals surface area contributed by atoms with Crippen LogP contribution < -0.4 is 24.8 Å². The highest BCUT2D eigenvalue weighted by Crippen LogP contribution is 2.48. The van der Waals surface area contributed by atoms with Crippen LogP contribution in [0.4, 0.5) is 17.1 Å². The van der Waals surface area contributed by atoms with Crippen molar-refractivity contribution in [1.29, 1.82) is 0 Å². The van der Waals surface area contributed by atoms with Crippen LogP contribution in [-0.4, -0.2) is 85.4 Å². The number of fused-ring (bicyclic) bond motifs is 7. The molecule has 3 fully saturated rings. The second kappa shape index (κ2) is 9.89. The largest absolute Gasteiger partial charge is 0.508 e. The Morgan fingerprint density at radius 2 is 1.98 bits per heavy atom. The maximum atomic E-state index is 13.6. The van der Waals surface area contributed by atoms with Gasteiger partial charge in [0.15, 0.2) is 0 Å². The molecule has 42 heavy (non-hydrogen) atoms. The number of hydrogen-bond acceptors (Lipinski definition) is 8. The van der Waals surface area contributed by atoms with Crippen molar-refractivity contribution >= 4 is 45.3 Å². The van der Waals surface area contributed by atoms with Crippen LogP contribution in [-0.2, 0) is 17.8 Å². The lowest BCUT2D eigenvalue weighted by Gasteiger charge is -2.47. The molecule has 0 spiro atoms. The molecule has 2 aromatic carbocycles. The number of aromatic nitrogens is 1. The Kier molecular flexibility index (Phi) is 6.21. The fourth-order valence-corrected chi connectivity index (χ4v) is 8.50. The lowest BCUT2D eigenvalue weighted by atomic mass is 9.94. The smallest absolute Gasteiger partial charge is 0.250 e. The summed E-state index contributed by atoms with van der Waals surface area (Å²) in [7, 11) is 1.87. The number of anilines is 3. The van der Waals surface area contributed by atoms with E-state index in [1.54, 1.807) is 11.0 Å². The molecular formula is C32H37ClN6O3. The van der Waals surface area contributed by atoms with E-state index in [9.17, 15) is 9.90 Å². The van der Waals surface area contributed by atoms with Gasteiger partial charge in [0, 0.05) is 50.2 Å². The van der Waals surface area contributed by atoms with Gasteiger partial charge in [0.05, 0.1) is 34.2 Å². The average molecular weight is 589 g/mol. The number of phenols is 1. The molecule has 5 aliphatic heterocycles. The number of aromatic hydroxyl groups is 1. The number of piperazine rings is 1. The molecule has 3 saturated heterocycles. The Balaban J connectivity index is 1.23. The van der Waals surface area contributed by atoms with Crippen molar-refractivity contribution in [3.8, 4) is 11.6 Å². The van der Waals surface area contributed by atoms with Crippen LogP contribution in [0.2, 0.25) is 5.02 Å². The maximum Gasteiger partial charge on any atom is 0.250 e. The summed E-state index contributed by atoms with van der Waals surface area (Å²) in [6.45, 7) is 6.40. The normalized spacial score (nSPS) is 23.1. The third kappa shape index (κ3) is 3.97. The molecule has 5 aliphatic rings. The summed E-state index contributed by atoms with van der Waals surface area (Å²) >= 11 is 6.71. The number of rotatable bonds is 4. The van der Waals surface area contributed by atoms with E-state index < -0.39 is 0 Å². The first-order valence-electron chi connectivity index (χ1n) is 15.3. The number of hydrogen-bond donors (Lipinski definition) is 2. The molecule has 2 N–H and O–H groups in total. The quantitative estimate of drug-likeness (QED) is 0.475. The molecule has 3 aromatic rings. The van der Waals surface area contributed by atoms with E-state index in [4.69, 9.17) is 21.3 Å². The van der Waals surface area contributed by atoms with Gasteiger partial charge in [0.25, 0.3) is 5.91 Å². The number of ether oxygens (including phenoxy) is 1. The second-order valence-corrected chi connectivity index (χ2v) is 12.9. The van der Waals surface area contributed by atoms with Crippen molar-refractivity contribution in [3.05, 3.63) is 46.6 Å². The highest BCUT2D eigenvalue weighted by atomic mass is 35.5. The monoisotopic (exact) mass is 588 g/mol. The Hall–Kier alpha value is -3.27. The molecule has 0 aliphatic carbocycles. The van der Waals surface area contributed by atoms with Gasteiger partial charge < -0.3 is 29.9 Å². The molecule has 1 atom stereocenters. The minimum absolute atomic E-state index is 0.0720. The fraction of sp³-hybridized carbons (Fsp3) is 0.500. The van der Waals surface area contributed by atoms with E-state index in [0.717, 1.165) is 85.5 Å². The highest BCUT2D eigenvalue weighted by molar-refractivity contribution is 6.36. The SMILES string of the molecule is CN1C(=O)C2CNCCN2c2c3c(nc(OCC45CCCN4CCC5)c21)CN(c1cc(O)cc2cccc(Cl)c12)CC3. The lowest BCUT2D eigenvalue weighted by molar-refractivity contribution is -0.120. The van der Waals surface area contributed by atoms with Crippen LogP contribution in [0.1, 0.15) is 36.9 Å². The van der Waals surface area contributed by atoms with Crippen molar-refractivity contribution in [3.63, 3.8) is 0 Å². The second-order valence-electron chi connectivity index (χ2n) is 12.5. The number of nitrogens with one attached hydrogen (secondary N) is 1. The van der Waals surface area contributed by atoms with Crippen LogP contribution in [0.15, 0.2) is 30.3 Å². The molecule has 10 heteroatoms. The minimum Gasteiger partial charge on any atom is -0.508 e. The number of amides is 1. The Morgan fingerprint density at radius 1 is 1.14 bits per heavy atom. The summed E-state index contributed by atoms with van der Waals surface area (Å²) < 4.78 is 6.74. The Labute approximate surface area is 251 Å². The minimum atomic E-state index is -0.235. The number of carbonyl (C=O) groups excluding carboxylic acids is 1. The van der Waals surface area contributed by atoms with E-state index in [1.165, 1.54) is 18.4 Å². The van der Waals surface area contributed by atoms with E-state index in [0.29, 0.717) is 30.6 Å². The summed E-state index contributed by atoms with van der Waals surface area (Å²) in [5, 5.41) is 16.5. The van der Waals surface area contributed by atoms with E-state index in [-0.39, 0.29) is 23.2 Å². The predicted octanol–water partition coefficient (Wildman–Crippen LogP) is 3.92. The molecule has 1 amide bonds. The van der Waals surface area contributed by atoms with Crippen LogP contribution >= 0.6 is 11.6 Å². The third-order valence-corrected chi connectivity index (χ3v) is 10.6. The number of carbonyl (C=O) groups is 1. The van der Waals surface area contributed by atoms with Crippen molar-refractivity contribution in [2.75, 3.05) is 67.6 Å². The molecular weight excluding hydrogens is 552 g/mol. The molecule has 1 unspecified atom stereocenters. The molecule has 220 valence electrons. The van der Waals surface area contributed by atoms with Gasteiger partial charge in [-0.15, -0.1) is 0 Å². The van der Waals surface area contributed by atoms with Crippen LogP contribution in [0.25, 0.3) is 10.8 Å². The van der Waals surface area contributed by atoms with Crippen molar-refractivity contribution < 1.29 is 14.6 Å². The number of benzene rings is 2. The number of phenolic OH excluding ortho intramolecular Hbond substituents is 1. The van der Waals surface area contributed by atoms with Crippen LogP contribution in [0.3, 0.4) is 0 Å². The first-order valence-corrected chi connectivity index (χ1v) is 15.7. The van der Waals surface area contributed by atoms with E-state index >= 15 is 0 Å². The zero-order chi connectivity index (χ0) is 28.6. The van der Waals surface area contributed by atoms with E-state index in [2.05, 4.69) is 20.0 Å². The number of pyridine rings is 1. The molecule has 1 aromatic heterocycles. The molecule has 0 bridgehead atoms. The van der Waals surface area contributed by atoms with Gasteiger partial charge in [-0.25, -0.2) is 4.98 Å². The summed E-state index contributed by atoms with van der Waals surface area (Å²) in [6.07, 6.45) is 5.47. The van der Waals surface area contributed by atoms with Crippen LogP contribution in [0.5, 0.6) is 11.6 Å². The van der Waals surface area contributed by atoms with E-state index in [1.807, 2.05) is 31.3 Å². The topological polar surface area (TPSA) is 84.4 Å². The zero-order valence-corrected chi connectivity index (χ0v) is 24.8. The van der Waals surface area contributed by atoms with Gasteiger partial charge in [-0.05, 0) is 62.7 Å². The number of nitrogens with zero attached hydrogens (tertiary/aromatic N) is 5. The number of halogens is 1. The Morgan fingerprint density at radius 3 is 2.81 bits per heavy atom. The van der Waals surface area contributed by atoms with Crippen molar-refractivity contribution in [2.45, 2.75) is 50.2 Å². The maximum absolute atomic E-state index is 13.6. The van der Waals surface area contributed by atoms with Gasteiger partial charge >= 0.3 is 0 Å². The standard InChI is InChI=1S/C32H37ClN6O3/c1-36-29-28(39-14-10-34-17-26(39)31(36)41)22-7-13-37(25-16-21(40)15-20-5-2-6-23(33)27(20)25)18-24(22)35-30(29)42-19-32-8-3-11-38(32)12-4-9-32/h2,5-6,15-16,26,34,40H,3-4,7-14,17-19H2,1H3. The average Bonchev–Trinajstić information content (AvgIpc) is 3.58. The molecule has 0 radical (unpaired) electrons. The van der Waals surface area contributed by atoms with Crippen molar-refractivity contribution in [1.82, 2.24) is 15.2 Å². The third-order valence-electron chi connectivity index (χ3n) is 10.3. The van der Waals surface area contributed by atoms with Gasteiger partial charge in [-0.1, -0.05) is 23.7 Å². The molecule has 0 saturated carbocycles. The predicted molar refractivity (Wildman–Crippen MR) is 165 cm³/mol. The first kappa shape index (κ1) is 26.4. The molecule has 6 heterocycles. The molecule has 8 rings (SSSR count). The van der Waals surface area contributed by atoms with Gasteiger partial charge in [0.1, 0.15) is 24.1 Å². The van der Waals surface area contributed by atoms with Gasteiger partial charge in [-0.2, -0.15) is 0 Å². The fourth-order valence-electron chi connectivity index (χ4n) is 8.23. The van der Waals surface area contributed by atoms with Crippen molar-refractivity contribution in [2.24, 2.45) is 0 Å². The first-order chi connectivity index (χ1) is 20.4. The summed E-state index contributed by atoms with van der Waals surface area (Å²) in [5.41, 5.74) is 5.05. The molecule has 9 nitrogen and oxygen atoms in total. The highest BCUT2D eigenvalue weighted by Gasteiger charge is 2.47. The zero-order valence-electron chi connectivity index (χ0n) is 24.0. The summed E-state index contributed by atoms with van der Waals surface area (Å²) in [4.78, 5) is 27.8. The lowest BCUT2D eigenvalue weighted by Crippen LogP contribution is -2.61. The van der Waals surface area contributed by atoms with Gasteiger partial charge in [-0.3, -0.25) is 9.69 Å². The number of likely N-dealkylation sites (N-methyl/N-ethyl adjacent to an activating group) is 1. The summed E-state index contributed by atoms with van der Waals surface area (Å²) in [5.74, 6) is 0.861. The van der Waals surface area contributed by atoms with Crippen LogP contribution in [0, 0.1) is 0 Å². The Bertz CT molecular complexity index is 1590. The summed E-state index contributed by atoms with van der Waals surface area (Å²) in [6, 6.07) is 9.12.